The van der Waals surface area contributed by atoms with Crippen LogP contribution in [-0.4, -0.2) is 0 Å². The normalized spacial score (nSPS) is 13.0. The van der Waals surface area contributed by atoms with Crippen LogP contribution in [0.25, 0.3) is 0 Å². The molecular formula is C6H12S. The smallest absolute Gasteiger partial charge is 0.0165 e. The Labute approximate surface area is 51.0 Å². The first-order valence-electron chi connectivity index (χ1n) is 2.53. The summed E-state index contributed by atoms with van der Waals surface area (Å²) >= 11 is 4.19. The molecule has 0 aliphatic heterocycles. The van der Waals surface area contributed by atoms with Crippen molar-refractivity contribution >= 4 is 12.6 Å². The van der Waals surface area contributed by atoms with Crippen LogP contribution in [0, 0.1) is 5.92 Å². The minimum atomic E-state index is 0.591. The summed E-state index contributed by atoms with van der Waals surface area (Å²) in [6, 6.07) is 0. The largest absolute Gasteiger partial charge is 0.148 e. The fraction of sp³-hybridized carbons (Fsp3) is 0.667. The lowest BCUT2D eigenvalue weighted by Gasteiger charge is -1.99. The van der Waals surface area contributed by atoms with Gasteiger partial charge in [0.2, 0.25) is 0 Å². The van der Waals surface area contributed by atoms with E-state index in [0.717, 1.165) is 0 Å². The first-order chi connectivity index (χ1) is 3.18. The molecule has 0 spiro atoms. The van der Waals surface area contributed by atoms with Crippen LogP contribution in [0.2, 0.25) is 0 Å². The predicted octanol–water partition coefficient (Wildman–Crippen LogP) is 2.48. The molecule has 7 heavy (non-hydrogen) atoms. The highest BCUT2D eigenvalue weighted by molar-refractivity contribution is 7.84. The molecular weight excluding hydrogens is 104 g/mol. The average Bonchev–Trinajstić information content (AvgIpc) is 1.65. The predicted molar refractivity (Wildman–Crippen MR) is 37.6 cm³/mol. The summed E-state index contributed by atoms with van der Waals surface area (Å²) in [5, 5.41) is 0. The van der Waals surface area contributed by atoms with Gasteiger partial charge in [-0.25, -0.2) is 0 Å². The van der Waals surface area contributed by atoms with Crippen LogP contribution in [0.5, 0.6) is 0 Å². The van der Waals surface area contributed by atoms with Gasteiger partial charge in [-0.05, 0) is 17.7 Å². The Morgan fingerprint density at radius 3 is 2.00 bits per heavy atom. The second kappa shape index (κ2) is 3.14. The molecule has 0 N–H and O–H groups in total. The lowest BCUT2D eigenvalue weighted by Crippen LogP contribution is -1.82. The molecule has 0 rings (SSSR count). The summed E-state index contributed by atoms with van der Waals surface area (Å²) in [4.78, 5) is 1.17. The summed E-state index contributed by atoms with van der Waals surface area (Å²) in [7, 11) is 0. The molecule has 0 amide bonds. The average molecular weight is 116 g/mol. The lowest BCUT2D eigenvalue weighted by atomic mass is 10.2. The number of rotatable bonds is 1. The van der Waals surface area contributed by atoms with Crippen molar-refractivity contribution < 1.29 is 0 Å². The van der Waals surface area contributed by atoms with Crippen molar-refractivity contribution in [2.45, 2.75) is 20.8 Å². The molecule has 0 heterocycles. The molecule has 0 saturated carbocycles. The van der Waals surface area contributed by atoms with Gasteiger partial charge in [-0.1, -0.05) is 19.9 Å². The summed E-state index contributed by atoms with van der Waals surface area (Å²) in [6.07, 6.45) is 2.02. The molecule has 0 aromatic carbocycles. The van der Waals surface area contributed by atoms with E-state index < -0.39 is 0 Å². The minimum absolute atomic E-state index is 0.591. The van der Waals surface area contributed by atoms with Crippen LogP contribution in [0.4, 0.5) is 0 Å². The Hall–Kier alpha value is 0.0900. The molecule has 1 heteroatoms. The topological polar surface area (TPSA) is 0 Å². The number of allylic oxidation sites excluding steroid dienone is 2. The van der Waals surface area contributed by atoms with Crippen LogP contribution in [-0.2, 0) is 0 Å². The van der Waals surface area contributed by atoms with E-state index in [-0.39, 0.29) is 0 Å². The Bertz CT molecular complexity index is 72.2. The summed E-state index contributed by atoms with van der Waals surface area (Å²) in [5.41, 5.74) is 0. The van der Waals surface area contributed by atoms with E-state index >= 15 is 0 Å². The highest BCUT2D eigenvalue weighted by Gasteiger charge is 1.91. The van der Waals surface area contributed by atoms with Gasteiger partial charge < -0.3 is 0 Å². The molecule has 0 saturated heterocycles. The SMILES string of the molecule is CC=C(S)C(C)C. The van der Waals surface area contributed by atoms with E-state index in [1.165, 1.54) is 4.91 Å². The van der Waals surface area contributed by atoms with Crippen molar-refractivity contribution in [2.75, 3.05) is 0 Å². The standard InChI is InChI=1S/C6H12S/c1-4-6(7)5(2)3/h4-5,7H,1-3H3. The first kappa shape index (κ1) is 7.09. The van der Waals surface area contributed by atoms with Crippen molar-refractivity contribution in [3.05, 3.63) is 11.0 Å². The Balaban J connectivity index is 3.56. The molecule has 0 bridgehead atoms. The van der Waals surface area contributed by atoms with E-state index in [1.54, 1.807) is 0 Å². The number of thiol groups is 1. The summed E-state index contributed by atoms with van der Waals surface area (Å²) < 4.78 is 0. The van der Waals surface area contributed by atoms with Gasteiger partial charge in [0, 0.05) is 0 Å². The molecule has 0 unspecified atom stereocenters. The Morgan fingerprint density at radius 1 is 1.57 bits per heavy atom. The number of hydrogen-bond acceptors (Lipinski definition) is 1. The third-order valence-electron chi connectivity index (χ3n) is 0.887. The maximum atomic E-state index is 4.19. The van der Waals surface area contributed by atoms with Crippen molar-refractivity contribution in [3.8, 4) is 0 Å². The zero-order chi connectivity index (χ0) is 5.86. The summed E-state index contributed by atoms with van der Waals surface area (Å²) in [5.74, 6) is 0.591. The van der Waals surface area contributed by atoms with Crippen LogP contribution < -0.4 is 0 Å². The van der Waals surface area contributed by atoms with Crippen LogP contribution >= 0.6 is 12.6 Å². The van der Waals surface area contributed by atoms with Gasteiger partial charge in [-0.3, -0.25) is 0 Å². The summed E-state index contributed by atoms with van der Waals surface area (Å²) in [6.45, 7) is 6.26. The quantitative estimate of drug-likeness (QED) is 0.500. The van der Waals surface area contributed by atoms with Gasteiger partial charge in [0.1, 0.15) is 0 Å². The van der Waals surface area contributed by atoms with Crippen LogP contribution in [0.1, 0.15) is 20.8 Å². The third kappa shape index (κ3) is 2.75. The highest BCUT2D eigenvalue weighted by atomic mass is 32.1. The van der Waals surface area contributed by atoms with Crippen molar-refractivity contribution in [3.63, 3.8) is 0 Å². The van der Waals surface area contributed by atoms with E-state index in [2.05, 4.69) is 26.5 Å². The third-order valence-corrected chi connectivity index (χ3v) is 1.66. The van der Waals surface area contributed by atoms with E-state index in [9.17, 15) is 0 Å². The Morgan fingerprint density at radius 2 is 2.00 bits per heavy atom. The van der Waals surface area contributed by atoms with Gasteiger partial charge >= 0.3 is 0 Å². The second-order valence-corrected chi connectivity index (χ2v) is 2.38. The molecule has 0 aliphatic rings. The molecule has 0 atom stereocenters. The minimum Gasteiger partial charge on any atom is -0.148 e. The molecule has 0 aromatic rings. The molecule has 0 radical (unpaired) electrons. The van der Waals surface area contributed by atoms with Gasteiger partial charge in [-0.2, -0.15) is 0 Å². The molecule has 0 nitrogen and oxygen atoms in total. The second-order valence-electron chi connectivity index (χ2n) is 1.87. The monoisotopic (exact) mass is 116 g/mol. The van der Waals surface area contributed by atoms with E-state index in [0.29, 0.717) is 5.92 Å². The maximum absolute atomic E-state index is 4.19. The Kier molecular flexibility index (Phi) is 3.18. The van der Waals surface area contributed by atoms with Crippen LogP contribution in [0.15, 0.2) is 11.0 Å². The van der Waals surface area contributed by atoms with Crippen molar-refractivity contribution in [1.82, 2.24) is 0 Å². The van der Waals surface area contributed by atoms with Gasteiger partial charge in [0.05, 0.1) is 0 Å². The van der Waals surface area contributed by atoms with Crippen LogP contribution in [0.3, 0.4) is 0 Å². The number of hydrogen-bond donors (Lipinski definition) is 1. The van der Waals surface area contributed by atoms with E-state index in [4.69, 9.17) is 0 Å². The molecule has 42 valence electrons. The maximum Gasteiger partial charge on any atom is -0.0165 e. The van der Waals surface area contributed by atoms with Gasteiger partial charge in [-0.15, -0.1) is 12.6 Å². The first-order valence-corrected chi connectivity index (χ1v) is 2.98. The lowest BCUT2D eigenvalue weighted by molar-refractivity contribution is 0.816. The molecule has 0 aliphatic carbocycles. The highest BCUT2D eigenvalue weighted by Crippen LogP contribution is 2.11. The van der Waals surface area contributed by atoms with E-state index in [1.807, 2.05) is 13.0 Å². The fourth-order valence-corrected chi connectivity index (χ4v) is 0.333. The van der Waals surface area contributed by atoms with Gasteiger partial charge in [0.25, 0.3) is 0 Å². The van der Waals surface area contributed by atoms with Crippen molar-refractivity contribution in [2.24, 2.45) is 5.92 Å². The molecule has 0 aromatic heterocycles. The molecule has 0 fully saturated rings. The van der Waals surface area contributed by atoms with Gasteiger partial charge in [0.15, 0.2) is 0 Å². The zero-order valence-corrected chi connectivity index (χ0v) is 6.00. The van der Waals surface area contributed by atoms with Crippen molar-refractivity contribution in [1.29, 1.82) is 0 Å². The zero-order valence-electron chi connectivity index (χ0n) is 5.10. The fourth-order valence-electron chi connectivity index (χ4n) is 0.333.